The van der Waals surface area contributed by atoms with Crippen molar-refractivity contribution in [3.05, 3.63) is 70.6 Å². The lowest BCUT2D eigenvalue weighted by Gasteiger charge is -2.39. The molecule has 1 amide bonds. The lowest BCUT2D eigenvalue weighted by Crippen LogP contribution is -2.43. The number of nitrogens with zero attached hydrogens (tertiary/aromatic N) is 3. The van der Waals surface area contributed by atoms with Crippen molar-refractivity contribution in [3.8, 4) is 0 Å². The van der Waals surface area contributed by atoms with Crippen LogP contribution in [-0.2, 0) is 17.8 Å². The zero-order chi connectivity index (χ0) is 23.4. The van der Waals surface area contributed by atoms with Crippen LogP contribution in [0.15, 0.2) is 59.5 Å². The maximum Gasteiger partial charge on any atom is 0.275 e. The van der Waals surface area contributed by atoms with Crippen molar-refractivity contribution in [3.63, 3.8) is 0 Å². The molecule has 2 atom stereocenters. The predicted octanol–water partition coefficient (Wildman–Crippen LogP) is 4.33. The highest BCUT2D eigenvalue weighted by Crippen LogP contribution is 2.28. The third-order valence-electron chi connectivity index (χ3n) is 6.94. The van der Waals surface area contributed by atoms with Crippen LogP contribution in [0.25, 0.3) is 10.8 Å². The van der Waals surface area contributed by atoms with Gasteiger partial charge in [-0.05, 0) is 75.3 Å². The Bertz CT molecular complexity index is 1150. The third-order valence-corrected chi connectivity index (χ3v) is 6.94. The summed E-state index contributed by atoms with van der Waals surface area (Å²) in [4.78, 5) is 27.6. The number of hydrogen-bond donors (Lipinski definition) is 1. The Morgan fingerprint density at radius 1 is 1.15 bits per heavy atom. The number of aromatic nitrogens is 2. The minimum atomic E-state index is -0.265. The highest BCUT2D eigenvalue weighted by atomic mass is 16.2. The number of hydrogen-bond acceptors (Lipinski definition) is 4. The van der Waals surface area contributed by atoms with Gasteiger partial charge in [0.2, 0.25) is 5.91 Å². The molecule has 6 nitrogen and oxygen atoms in total. The summed E-state index contributed by atoms with van der Waals surface area (Å²) in [5, 5.41) is 8.34. The zero-order valence-electron chi connectivity index (χ0n) is 19.8. The van der Waals surface area contributed by atoms with Crippen molar-refractivity contribution < 1.29 is 4.79 Å². The number of likely N-dealkylation sites (tertiary alicyclic amines) is 1. The second-order valence-electron chi connectivity index (χ2n) is 9.59. The summed E-state index contributed by atoms with van der Waals surface area (Å²) in [5.41, 5.74) is 1.77. The average molecular weight is 447 g/mol. The van der Waals surface area contributed by atoms with Gasteiger partial charge in [-0.2, -0.15) is 5.10 Å². The van der Waals surface area contributed by atoms with Gasteiger partial charge in [-0.15, -0.1) is 0 Å². The molecule has 0 spiro atoms. The van der Waals surface area contributed by atoms with Crippen molar-refractivity contribution in [2.75, 3.05) is 18.4 Å². The number of piperidine rings is 1. The summed E-state index contributed by atoms with van der Waals surface area (Å²) < 4.78 is 1.21. The fraction of sp³-hybridized carbons (Fsp3) is 0.444. The number of nitrogens with one attached hydrogen (secondary N) is 1. The molecule has 0 saturated carbocycles. The second-order valence-corrected chi connectivity index (χ2v) is 9.59. The first-order chi connectivity index (χ1) is 15.9. The maximum absolute atomic E-state index is 12.6. The summed E-state index contributed by atoms with van der Waals surface area (Å²) in [7, 11) is 0. The SMILES string of the molecule is CC(C)N1CC[C@H](CCc2ccc(NC(=O)Cn3ncc4ccccc4c3=O)cc2)[C@H](C)C1. The predicted molar refractivity (Wildman–Crippen MR) is 133 cm³/mol. The van der Waals surface area contributed by atoms with E-state index in [1.165, 1.54) is 36.2 Å². The molecule has 6 heteroatoms. The molecule has 33 heavy (non-hydrogen) atoms. The molecule has 1 saturated heterocycles. The number of carbonyl (C=O) groups is 1. The van der Waals surface area contributed by atoms with E-state index in [4.69, 9.17) is 0 Å². The van der Waals surface area contributed by atoms with Crippen LogP contribution in [0, 0.1) is 11.8 Å². The maximum atomic E-state index is 12.6. The highest BCUT2D eigenvalue weighted by molar-refractivity contribution is 5.90. The molecule has 2 aromatic carbocycles. The van der Waals surface area contributed by atoms with Gasteiger partial charge in [0.25, 0.3) is 5.56 Å². The standard InChI is InChI=1S/C27H34N4O2/c1-19(2)30-15-14-22(20(3)17-30)11-8-21-9-12-24(13-10-21)29-26(32)18-31-27(33)25-7-5-4-6-23(25)16-28-31/h4-7,9-10,12-13,16,19-20,22H,8,11,14-15,17-18H2,1-3H3,(H,29,32)/t20-,22+/m1/s1. The average Bonchev–Trinajstić information content (AvgIpc) is 2.81. The molecule has 0 aliphatic carbocycles. The molecule has 1 N–H and O–H groups in total. The Morgan fingerprint density at radius 3 is 2.64 bits per heavy atom. The summed E-state index contributed by atoms with van der Waals surface area (Å²) >= 11 is 0. The van der Waals surface area contributed by atoms with E-state index in [9.17, 15) is 9.59 Å². The number of carbonyl (C=O) groups excluding carboxylic acids is 1. The van der Waals surface area contributed by atoms with Gasteiger partial charge in [-0.3, -0.25) is 9.59 Å². The molecule has 1 aliphatic rings. The van der Waals surface area contributed by atoms with E-state index in [-0.39, 0.29) is 18.0 Å². The second kappa shape index (κ2) is 10.3. The van der Waals surface area contributed by atoms with Gasteiger partial charge in [-0.1, -0.05) is 37.3 Å². The first-order valence-corrected chi connectivity index (χ1v) is 12.0. The monoisotopic (exact) mass is 446 g/mol. The molecule has 1 fully saturated rings. The fourth-order valence-electron chi connectivity index (χ4n) is 4.81. The summed E-state index contributed by atoms with van der Waals surface area (Å²) in [6.07, 6.45) is 5.15. The Kier molecular flexibility index (Phi) is 7.23. The lowest BCUT2D eigenvalue weighted by molar-refractivity contribution is -0.117. The zero-order valence-corrected chi connectivity index (χ0v) is 19.8. The quantitative estimate of drug-likeness (QED) is 0.586. The van der Waals surface area contributed by atoms with Crippen LogP contribution in [0.5, 0.6) is 0 Å². The van der Waals surface area contributed by atoms with Gasteiger partial charge in [0.15, 0.2) is 0 Å². The minimum Gasteiger partial charge on any atom is -0.324 e. The largest absolute Gasteiger partial charge is 0.324 e. The summed E-state index contributed by atoms with van der Waals surface area (Å²) in [5.74, 6) is 1.23. The Balaban J connectivity index is 1.29. The van der Waals surface area contributed by atoms with Gasteiger partial charge in [0.05, 0.1) is 11.6 Å². The van der Waals surface area contributed by atoms with Crippen molar-refractivity contribution in [1.82, 2.24) is 14.7 Å². The summed E-state index contributed by atoms with van der Waals surface area (Å²) in [6.45, 7) is 9.23. The first kappa shape index (κ1) is 23.2. The van der Waals surface area contributed by atoms with Crippen LogP contribution in [0.3, 0.4) is 0 Å². The van der Waals surface area contributed by atoms with E-state index in [1.54, 1.807) is 12.3 Å². The van der Waals surface area contributed by atoms with Crippen molar-refractivity contribution >= 4 is 22.4 Å². The molecular formula is C27H34N4O2. The Hall–Kier alpha value is -2.99. The van der Waals surface area contributed by atoms with Gasteiger partial charge in [0, 0.05) is 23.7 Å². The number of rotatable bonds is 7. The fourth-order valence-corrected chi connectivity index (χ4v) is 4.81. The molecule has 1 aromatic heterocycles. The normalized spacial score (nSPS) is 19.2. The Morgan fingerprint density at radius 2 is 1.91 bits per heavy atom. The number of anilines is 1. The highest BCUT2D eigenvalue weighted by Gasteiger charge is 2.26. The molecule has 3 aromatic rings. The van der Waals surface area contributed by atoms with E-state index in [0.717, 1.165) is 29.3 Å². The number of aryl methyl sites for hydroxylation is 1. The van der Waals surface area contributed by atoms with Gasteiger partial charge in [-0.25, -0.2) is 4.68 Å². The molecule has 2 heterocycles. The summed E-state index contributed by atoms with van der Waals surface area (Å²) in [6, 6.07) is 15.9. The smallest absolute Gasteiger partial charge is 0.275 e. The van der Waals surface area contributed by atoms with Crippen molar-refractivity contribution in [1.29, 1.82) is 0 Å². The van der Waals surface area contributed by atoms with Crippen molar-refractivity contribution in [2.45, 2.75) is 52.6 Å². The Labute approximate surface area is 195 Å². The molecular weight excluding hydrogens is 412 g/mol. The van der Waals surface area contributed by atoms with E-state index in [0.29, 0.717) is 11.4 Å². The lowest BCUT2D eigenvalue weighted by atomic mass is 9.82. The molecule has 0 bridgehead atoms. The van der Waals surface area contributed by atoms with Crippen LogP contribution in [0.4, 0.5) is 5.69 Å². The van der Waals surface area contributed by atoms with E-state index >= 15 is 0 Å². The van der Waals surface area contributed by atoms with Gasteiger partial charge < -0.3 is 10.2 Å². The number of benzene rings is 2. The van der Waals surface area contributed by atoms with Gasteiger partial charge >= 0.3 is 0 Å². The van der Waals surface area contributed by atoms with Crippen LogP contribution < -0.4 is 10.9 Å². The number of fused-ring (bicyclic) bond motifs is 1. The van der Waals surface area contributed by atoms with E-state index < -0.39 is 0 Å². The van der Waals surface area contributed by atoms with Crippen LogP contribution in [0.1, 0.15) is 39.2 Å². The van der Waals surface area contributed by atoms with Crippen LogP contribution in [-0.4, -0.2) is 39.7 Å². The molecule has 4 rings (SSSR count). The first-order valence-electron chi connectivity index (χ1n) is 12.0. The topological polar surface area (TPSA) is 67.2 Å². The van der Waals surface area contributed by atoms with Crippen LogP contribution in [0.2, 0.25) is 0 Å². The van der Waals surface area contributed by atoms with Crippen molar-refractivity contribution in [2.24, 2.45) is 11.8 Å². The van der Waals surface area contributed by atoms with E-state index in [2.05, 4.69) is 48.2 Å². The van der Waals surface area contributed by atoms with Gasteiger partial charge in [0.1, 0.15) is 6.54 Å². The molecule has 0 radical (unpaired) electrons. The number of amides is 1. The minimum absolute atomic E-state index is 0.113. The third kappa shape index (κ3) is 5.69. The van der Waals surface area contributed by atoms with Crippen LogP contribution >= 0.6 is 0 Å². The molecule has 0 unspecified atom stereocenters. The molecule has 1 aliphatic heterocycles. The van der Waals surface area contributed by atoms with E-state index in [1.807, 2.05) is 30.3 Å². The molecule has 174 valence electrons.